The third-order valence-electron chi connectivity index (χ3n) is 2.64. The number of nitrogens with two attached hydrogens (primary N) is 1. The van der Waals surface area contributed by atoms with Gasteiger partial charge in [-0.05, 0) is 24.1 Å². The Bertz CT molecular complexity index is 374. The molecule has 0 saturated carbocycles. The van der Waals surface area contributed by atoms with E-state index in [0.717, 1.165) is 22.7 Å². The molecule has 14 heavy (non-hydrogen) atoms. The van der Waals surface area contributed by atoms with E-state index >= 15 is 0 Å². The number of rotatable bonds is 2. The first-order chi connectivity index (χ1) is 6.68. The van der Waals surface area contributed by atoms with Crippen molar-refractivity contribution < 1.29 is 0 Å². The van der Waals surface area contributed by atoms with E-state index in [2.05, 4.69) is 11.1 Å². The predicted molar refractivity (Wildman–Crippen MR) is 60.0 cm³/mol. The highest BCUT2D eigenvalue weighted by Crippen LogP contribution is 2.25. The molecular formula is C11H13ClN2. The minimum absolute atomic E-state index is 0.0588. The Morgan fingerprint density at radius 2 is 2.29 bits per heavy atom. The van der Waals surface area contributed by atoms with Crippen molar-refractivity contribution in [3.05, 3.63) is 34.3 Å². The molecule has 1 aromatic carbocycles. The van der Waals surface area contributed by atoms with Crippen LogP contribution in [0.15, 0.2) is 23.2 Å². The van der Waals surface area contributed by atoms with Crippen LogP contribution in [-0.4, -0.2) is 12.8 Å². The van der Waals surface area contributed by atoms with Crippen molar-refractivity contribution >= 4 is 17.8 Å². The molecular weight excluding hydrogens is 196 g/mol. The van der Waals surface area contributed by atoms with Crippen LogP contribution in [0.3, 0.4) is 0 Å². The average molecular weight is 209 g/mol. The Morgan fingerprint density at radius 3 is 2.79 bits per heavy atom. The second-order valence-corrected chi connectivity index (χ2v) is 4.12. The van der Waals surface area contributed by atoms with Gasteiger partial charge in [-0.15, -0.1) is 0 Å². The predicted octanol–water partition coefficient (Wildman–Crippen LogP) is 2.35. The highest BCUT2D eigenvalue weighted by Gasteiger charge is 2.21. The van der Waals surface area contributed by atoms with E-state index in [1.165, 1.54) is 0 Å². The molecule has 2 nitrogen and oxygen atoms in total. The number of halogens is 1. The molecule has 0 radical (unpaired) electrons. The van der Waals surface area contributed by atoms with Crippen LogP contribution in [0.5, 0.6) is 0 Å². The second kappa shape index (κ2) is 3.71. The summed E-state index contributed by atoms with van der Waals surface area (Å²) in [7, 11) is 0. The standard InChI is InChI=1S/C11H13ClN2/c1-7-4-8(2-3-10(7)12)11(13)9-5-14-6-9/h2-5,9,11H,6,13H2,1H3. The maximum Gasteiger partial charge on any atom is 0.0481 e. The molecule has 0 fully saturated rings. The van der Waals surface area contributed by atoms with Crippen LogP contribution in [0.1, 0.15) is 17.2 Å². The van der Waals surface area contributed by atoms with Crippen LogP contribution in [0.2, 0.25) is 5.02 Å². The number of hydrogen-bond acceptors (Lipinski definition) is 2. The summed E-state index contributed by atoms with van der Waals surface area (Å²) in [5, 5.41) is 0.795. The van der Waals surface area contributed by atoms with Crippen LogP contribution in [0.4, 0.5) is 0 Å². The summed E-state index contributed by atoms with van der Waals surface area (Å²) >= 11 is 5.95. The van der Waals surface area contributed by atoms with Gasteiger partial charge >= 0.3 is 0 Å². The molecule has 2 rings (SSSR count). The maximum absolute atomic E-state index is 6.08. The molecule has 0 aromatic heterocycles. The van der Waals surface area contributed by atoms with Crippen molar-refractivity contribution in [1.82, 2.24) is 0 Å². The minimum atomic E-state index is 0.0588. The zero-order valence-electron chi connectivity index (χ0n) is 8.07. The maximum atomic E-state index is 6.08. The van der Waals surface area contributed by atoms with Crippen molar-refractivity contribution in [2.75, 3.05) is 6.54 Å². The molecule has 1 aromatic rings. The lowest BCUT2D eigenvalue weighted by Gasteiger charge is -2.24. The zero-order valence-corrected chi connectivity index (χ0v) is 8.83. The first-order valence-corrected chi connectivity index (χ1v) is 5.08. The van der Waals surface area contributed by atoms with Crippen LogP contribution in [-0.2, 0) is 0 Å². The summed E-state index contributed by atoms with van der Waals surface area (Å²) < 4.78 is 0. The van der Waals surface area contributed by atoms with E-state index in [1.807, 2.05) is 25.3 Å². The second-order valence-electron chi connectivity index (χ2n) is 3.71. The van der Waals surface area contributed by atoms with Crippen LogP contribution < -0.4 is 5.73 Å². The van der Waals surface area contributed by atoms with Crippen molar-refractivity contribution in [3.63, 3.8) is 0 Å². The lowest BCUT2D eigenvalue weighted by molar-refractivity contribution is 0.536. The molecule has 0 saturated heterocycles. The highest BCUT2D eigenvalue weighted by atomic mass is 35.5. The van der Waals surface area contributed by atoms with Gasteiger partial charge in [-0.3, -0.25) is 4.99 Å². The Kier molecular flexibility index (Phi) is 2.57. The van der Waals surface area contributed by atoms with E-state index in [0.29, 0.717) is 5.92 Å². The summed E-state index contributed by atoms with van der Waals surface area (Å²) in [5.41, 5.74) is 8.31. The van der Waals surface area contributed by atoms with Crippen molar-refractivity contribution in [1.29, 1.82) is 0 Å². The molecule has 1 aliphatic heterocycles. The number of nitrogens with zero attached hydrogens (tertiary/aromatic N) is 1. The molecule has 2 N–H and O–H groups in total. The fraction of sp³-hybridized carbons (Fsp3) is 0.364. The van der Waals surface area contributed by atoms with Crippen LogP contribution >= 0.6 is 11.6 Å². The summed E-state index contributed by atoms with van der Waals surface area (Å²) in [6, 6.07) is 6.01. The third-order valence-corrected chi connectivity index (χ3v) is 3.07. The summed E-state index contributed by atoms with van der Waals surface area (Å²) in [4.78, 5) is 4.05. The van der Waals surface area contributed by atoms with Gasteiger partial charge in [-0.25, -0.2) is 0 Å². The quantitative estimate of drug-likeness (QED) is 0.796. The number of aryl methyl sites for hydroxylation is 1. The molecule has 2 unspecified atom stereocenters. The van der Waals surface area contributed by atoms with Crippen molar-refractivity contribution in [3.8, 4) is 0 Å². The lowest BCUT2D eigenvalue weighted by Crippen LogP contribution is -2.30. The topological polar surface area (TPSA) is 38.4 Å². The van der Waals surface area contributed by atoms with Crippen molar-refractivity contribution in [2.45, 2.75) is 13.0 Å². The first kappa shape index (κ1) is 9.69. The zero-order chi connectivity index (χ0) is 10.1. The lowest BCUT2D eigenvalue weighted by atomic mass is 9.91. The van der Waals surface area contributed by atoms with E-state index in [9.17, 15) is 0 Å². The highest BCUT2D eigenvalue weighted by molar-refractivity contribution is 6.31. The number of benzene rings is 1. The van der Waals surface area contributed by atoms with Crippen LogP contribution in [0, 0.1) is 12.8 Å². The fourth-order valence-electron chi connectivity index (χ4n) is 1.56. The molecule has 2 atom stereocenters. The van der Waals surface area contributed by atoms with Crippen molar-refractivity contribution in [2.24, 2.45) is 16.6 Å². The van der Waals surface area contributed by atoms with E-state index in [-0.39, 0.29) is 6.04 Å². The Hall–Kier alpha value is -0.860. The minimum Gasteiger partial charge on any atom is -0.323 e. The Balaban J connectivity index is 2.23. The van der Waals surface area contributed by atoms with Gasteiger partial charge in [0.25, 0.3) is 0 Å². The normalized spacial score (nSPS) is 21.8. The van der Waals surface area contributed by atoms with Gasteiger partial charge in [0.1, 0.15) is 0 Å². The van der Waals surface area contributed by atoms with E-state index in [4.69, 9.17) is 17.3 Å². The first-order valence-electron chi connectivity index (χ1n) is 4.70. The number of aliphatic imine (C=N–C) groups is 1. The molecule has 1 heterocycles. The Morgan fingerprint density at radius 1 is 1.57 bits per heavy atom. The molecule has 0 spiro atoms. The van der Waals surface area contributed by atoms with E-state index < -0.39 is 0 Å². The Labute approximate surface area is 88.8 Å². The van der Waals surface area contributed by atoms with Gasteiger partial charge in [0.15, 0.2) is 0 Å². The van der Waals surface area contributed by atoms with Gasteiger partial charge in [0.2, 0.25) is 0 Å². The van der Waals surface area contributed by atoms with E-state index in [1.54, 1.807) is 0 Å². The molecule has 3 heteroatoms. The molecule has 0 aliphatic carbocycles. The SMILES string of the molecule is Cc1cc(C(N)C2C=NC2)ccc1Cl. The van der Waals surface area contributed by atoms with Crippen LogP contribution in [0.25, 0.3) is 0 Å². The number of hydrogen-bond donors (Lipinski definition) is 1. The summed E-state index contributed by atoms with van der Waals surface area (Å²) in [6.07, 6.45) is 1.93. The fourth-order valence-corrected chi connectivity index (χ4v) is 1.67. The van der Waals surface area contributed by atoms with Gasteiger partial charge in [0, 0.05) is 29.7 Å². The molecule has 74 valence electrons. The monoisotopic (exact) mass is 208 g/mol. The van der Waals surface area contributed by atoms with Gasteiger partial charge in [-0.1, -0.05) is 23.7 Å². The molecule has 0 amide bonds. The van der Waals surface area contributed by atoms with Gasteiger partial charge in [0.05, 0.1) is 0 Å². The van der Waals surface area contributed by atoms with Gasteiger partial charge in [-0.2, -0.15) is 0 Å². The summed E-state index contributed by atoms with van der Waals surface area (Å²) in [5.74, 6) is 0.399. The molecule has 1 aliphatic rings. The molecule has 0 bridgehead atoms. The summed E-state index contributed by atoms with van der Waals surface area (Å²) in [6.45, 7) is 2.84. The largest absolute Gasteiger partial charge is 0.323 e. The average Bonchev–Trinajstić information content (AvgIpc) is 2.06. The third kappa shape index (κ3) is 1.68. The van der Waals surface area contributed by atoms with Gasteiger partial charge < -0.3 is 5.73 Å². The smallest absolute Gasteiger partial charge is 0.0481 e.